The summed E-state index contributed by atoms with van der Waals surface area (Å²) in [7, 11) is 0. The van der Waals surface area contributed by atoms with E-state index in [0.29, 0.717) is 18.7 Å². The van der Waals surface area contributed by atoms with Gasteiger partial charge in [-0.2, -0.15) is 0 Å². The van der Waals surface area contributed by atoms with Gasteiger partial charge < -0.3 is 24.6 Å². The van der Waals surface area contributed by atoms with Crippen molar-refractivity contribution in [2.75, 3.05) is 13.2 Å². The lowest BCUT2D eigenvalue weighted by Gasteiger charge is -2.25. The molecule has 27 heavy (non-hydrogen) atoms. The largest absolute Gasteiger partial charge is 0.394 e. The number of aliphatic hydroxyl groups is 1. The second-order valence-electron chi connectivity index (χ2n) is 7.55. The van der Waals surface area contributed by atoms with E-state index in [2.05, 4.69) is 10.3 Å². The third-order valence-electron chi connectivity index (χ3n) is 4.59. The second kappa shape index (κ2) is 7.94. The highest BCUT2D eigenvalue weighted by molar-refractivity contribution is 7.71. The summed E-state index contributed by atoms with van der Waals surface area (Å²) in [6.07, 6.45) is 1.80. The van der Waals surface area contributed by atoms with E-state index in [1.165, 1.54) is 5.57 Å². The van der Waals surface area contributed by atoms with Gasteiger partial charge in [-0.3, -0.25) is 14.3 Å². The maximum absolute atomic E-state index is 12.3. The van der Waals surface area contributed by atoms with Crippen molar-refractivity contribution >= 4 is 12.2 Å². The zero-order valence-corrected chi connectivity index (χ0v) is 16.8. The Bertz CT molecular complexity index is 827. The van der Waals surface area contributed by atoms with Crippen molar-refractivity contribution in [3.05, 3.63) is 38.5 Å². The van der Waals surface area contributed by atoms with Crippen molar-refractivity contribution in [1.82, 2.24) is 14.9 Å². The molecule has 9 heteroatoms. The van der Waals surface area contributed by atoms with Gasteiger partial charge in [-0.05, 0) is 39.9 Å². The van der Waals surface area contributed by atoms with Crippen LogP contribution in [0, 0.1) is 4.77 Å². The Morgan fingerprint density at radius 2 is 2.11 bits per heavy atom. The molecule has 2 aliphatic heterocycles. The van der Waals surface area contributed by atoms with Gasteiger partial charge in [0.1, 0.15) is 18.3 Å². The lowest BCUT2D eigenvalue weighted by atomic mass is 10.1. The molecule has 0 radical (unpaired) electrons. The van der Waals surface area contributed by atoms with Gasteiger partial charge in [0.25, 0.3) is 5.56 Å². The van der Waals surface area contributed by atoms with Crippen LogP contribution in [0.5, 0.6) is 0 Å². The van der Waals surface area contributed by atoms with Crippen LogP contribution in [0.4, 0.5) is 0 Å². The van der Waals surface area contributed by atoms with Crippen LogP contribution < -0.4 is 10.9 Å². The Kier molecular flexibility index (Phi) is 5.99. The van der Waals surface area contributed by atoms with E-state index in [1.54, 1.807) is 10.8 Å². The Morgan fingerprint density at radius 1 is 1.41 bits per heavy atom. The van der Waals surface area contributed by atoms with Gasteiger partial charge >= 0.3 is 0 Å². The molecule has 2 aliphatic rings. The zero-order valence-electron chi connectivity index (χ0n) is 16.0. The van der Waals surface area contributed by atoms with E-state index in [9.17, 15) is 9.90 Å². The van der Waals surface area contributed by atoms with Crippen LogP contribution in [0.3, 0.4) is 0 Å². The molecule has 0 bridgehead atoms. The second-order valence-corrected chi connectivity index (χ2v) is 7.93. The summed E-state index contributed by atoms with van der Waals surface area (Å²) in [6, 6.07) is 0. The fourth-order valence-electron chi connectivity index (χ4n) is 3.36. The first-order valence-electron chi connectivity index (χ1n) is 9.02. The molecule has 1 aromatic heterocycles. The van der Waals surface area contributed by atoms with Gasteiger partial charge in [0.05, 0.1) is 6.61 Å². The van der Waals surface area contributed by atoms with Gasteiger partial charge in [0.15, 0.2) is 16.8 Å². The molecular weight excluding hydrogens is 370 g/mol. The molecule has 0 aromatic carbocycles. The van der Waals surface area contributed by atoms with Crippen molar-refractivity contribution < 1.29 is 19.3 Å². The van der Waals surface area contributed by atoms with Gasteiger partial charge in [0, 0.05) is 24.8 Å². The first-order chi connectivity index (χ1) is 12.7. The quantitative estimate of drug-likeness (QED) is 0.379. The van der Waals surface area contributed by atoms with Crippen molar-refractivity contribution in [3.63, 3.8) is 0 Å². The number of rotatable bonds is 6. The smallest absolute Gasteiger partial charge is 0.256 e. The number of H-pyrrole nitrogens is 1. The van der Waals surface area contributed by atoms with Crippen molar-refractivity contribution in [2.24, 2.45) is 0 Å². The molecule has 1 aromatic rings. The van der Waals surface area contributed by atoms with E-state index < -0.39 is 30.3 Å². The highest BCUT2D eigenvalue weighted by atomic mass is 32.1. The van der Waals surface area contributed by atoms with Crippen molar-refractivity contribution in [3.8, 4) is 0 Å². The molecule has 0 aliphatic carbocycles. The molecule has 3 N–H and O–H groups in total. The van der Waals surface area contributed by atoms with Crippen LogP contribution in [-0.2, 0) is 20.8 Å². The molecule has 3 heterocycles. The average Bonchev–Trinajstić information content (AvgIpc) is 3.06. The molecule has 3 rings (SSSR count). The molecule has 8 nitrogen and oxygen atoms in total. The summed E-state index contributed by atoms with van der Waals surface area (Å²) in [5.74, 6) is -0.774. The number of fused-ring (bicyclic) bond motifs is 1. The Labute approximate surface area is 163 Å². The van der Waals surface area contributed by atoms with E-state index in [0.717, 1.165) is 0 Å². The molecule has 4 atom stereocenters. The van der Waals surface area contributed by atoms with E-state index in [-0.39, 0.29) is 16.9 Å². The number of nitrogens with zero attached hydrogens (tertiary/aromatic N) is 1. The maximum atomic E-state index is 12.3. The Morgan fingerprint density at radius 3 is 2.78 bits per heavy atom. The minimum absolute atomic E-state index is 0.190. The third-order valence-corrected chi connectivity index (χ3v) is 4.90. The number of ether oxygens (including phenoxy) is 3. The summed E-state index contributed by atoms with van der Waals surface area (Å²) in [6.45, 7) is 8.55. The molecule has 0 saturated carbocycles. The first kappa shape index (κ1) is 20.4. The lowest BCUT2D eigenvalue weighted by Crippen LogP contribution is -2.31. The Hall–Kier alpha value is -1.36. The molecule has 2 fully saturated rings. The van der Waals surface area contributed by atoms with Gasteiger partial charge in [-0.15, -0.1) is 0 Å². The number of allylic oxidation sites excluding steroid dienone is 1. The maximum Gasteiger partial charge on any atom is 0.256 e. The van der Waals surface area contributed by atoms with E-state index in [1.807, 2.05) is 33.8 Å². The summed E-state index contributed by atoms with van der Waals surface area (Å²) in [5.41, 5.74) is 1.50. The van der Waals surface area contributed by atoms with Crippen LogP contribution in [0.2, 0.25) is 0 Å². The number of hydrogen-bond acceptors (Lipinski definition) is 7. The van der Waals surface area contributed by atoms with Gasteiger partial charge in [-0.1, -0.05) is 11.6 Å². The number of aliphatic hydroxyl groups excluding tert-OH is 1. The van der Waals surface area contributed by atoms with E-state index in [4.69, 9.17) is 26.4 Å². The highest BCUT2D eigenvalue weighted by Crippen LogP contribution is 2.42. The summed E-state index contributed by atoms with van der Waals surface area (Å²) >= 11 is 5.34. The standard InChI is InChI=1S/C18H27N3O5S/c1-10(2)5-6-19-7-11-8-21(17(27)20-15(11)23)16-14-13(12(9-22)24-16)25-18(3,4)26-14/h5,8,12-14,16,19,22H,6-7,9H2,1-4H3,(H,20,23,27). The van der Waals surface area contributed by atoms with Crippen LogP contribution in [0.25, 0.3) is 0 Å². The fourth-order valence-corrected chi connectivity index (χ4v) is 3.60. The number of aromatic nitrogens is 2. The van der Waals surface area contributed by atoms with Gasteiger partial charge in [-0.25, -0.2) is 0 Å². The molecule has 0 amide bonds. The van der Waals surface area contributed by atoms with Crippen molar-refractivity contribution in [1.29, 1.82) is 0 Å². The third kappa shape index (κ3) is 4.39. The predicted octanol–water partition coefficient (Wildman–Crippen LogP) is 1.37. The molecule has 0 spiro atoms. The van der Waals surface area contributed by atoms with E-state index >= 15 is 0 Å². The SMILES string of the molecule is CC(C)=CCNCc1cn(C2OC(CO)C3OC(C)(C)OC32)c(=S)[nH]c1=O. The van der Waals surface area contributed by atoms with Crippen LogP contribution >= 0.6 is 12.2 Å². The van der Waals surface area contributed by atoms with Gasteiger partial charge in [0.2, 0.25) is 0 Å². The topological polar surface area (TPSA) is 97.7 Å². The predicted molar refractivity (Wildman–Crippen MR) is 102 cm³/mol. The monoisotopic (exact) mass is 397 g/mol. The first-order valence-corrected chi connectivity index (χ1v) is 9.43. The molecule has 2 saturated heterocycles. The minimum atomic E-state index is -0.774. The summed E-state index contributed by atoms with van der Waals surface area (Å²) in [4.78, 5) is 15.0. The molecule has 4 unspecified atom stereocenters. The highest BCUT2D eigenvalue weighted by Gasteiger charge is 2.55. The summed E-state index contributed by atoms with van der Waals surface area (Å²) < 4.78 is 19.7. The van der Waals surface area contributed by atoms with Crippen LogP contribution in [-0.4, -0.2) is 51.9 Å². The molecular formula is C18H27N3O5S. The lowest BCUT2D eigenvalue weighted by molar-refractivity contribution is -0.200. The van der Waals surface area contributed by atoms with Crippen LogP contribution in [0.15, 0.2) is 22.6 Å². The normalized spacial score (nSPS) is 28.9. The summed E-state index contributed by atoms with van der Waals surface area (Å²) in [5, 5.41) is 12.8. The Balaban J connectivity index is 1.85. The number of nitrogens with one attached hydrogen (secondary N) is 2. The van der Waals surface area contributed by atoms with Crippen molar-refractivity contribution in [2.45, 2.75) is 64.6 Å². The minimum Gasteiger partial charge on any atom is -0.394 e. The fraction of sp³-hybridized carbons (Fsp3) is 0.667. The average molecular weight is 397 g/mol. The number of aromatic amines is 1. The number of hydrogen-bond donors (Lipinski definition) is 3. The molecule has 150 valence electrons. The van der Waals surface area contributed by atoms with Crippen LogP contribution in [0.1, 0.15) is 39.5 Å². The zero-order chi connectivity index (χ0) is 19.8.